The number of ether oxygens (including phenoxy) is 1. The average Bonchev–Trinajstić information content (AvgIpc) is 2.01. The van der Waals surface area contributed by atoms with Gasteiger partial charge in [-0.15, -0.1) is 0 Å². The summed E-state index contributed by atoms with van der Waals surface area (Å²) in [5.74, 6) is 0. The van der Waals surface area contributed by atoms with Crippen molar-refractivity contribution < 1.29 is 4.74 Å². The molecule has 2 heteroatoms. The van der Waals surface area contributed by atoms with Gasteiger partial charge in [0.2, 0.25) is 0 Å². The first-order valence-corrected chi connectivity index (χ1v) is 4.53. The van der Waals surface area contributed by atoms with Crippen molar-refractivity contribution in [1.29, 1.82) is 0 Å². The minimum Gasteiger partial charge on any atom is -0.383 e. The highest BCUT2D eigenvalue weighted by atomic mass is 16.5. The van der Waals surface area contributed by atoms with Crippen molar-refractivity contribution in [1.82, 2.24) is 5.32 Å². The number of unbranched alkanes of at least 4 members (excludes halogenated alkanes) is 1. The zero-order valence-corrected chi connectivity index (χ0v) is 8.02. The Kier molecular flexibility index (Phi) is 7.96. The minimum atomic E-state index is 0.644. The number of rotatable bonds is 7. The fourth-order valence-electron chi connectivity index (χ4n) is 1.02. The molecule has 1 N–H and O–H groups in total. The minimum absolute atomic E-state index is 0.644. The third kappa shape index (κ3) is 7.82. The van der Waals surface area contributed by atoms with Gasteiger partial charge in [-0.2, -0.15) is 0 Å². The van der Waals surface area contributed by atoms with Gasteiger partial charge in [-0.25, -0.2) is 0 Å². The lowest BCUT2D eigenvalue weighted by Gasteiger charge is -2.12. The predicted molar refractivity (Wildman–Crippen MR) is 48.9 cm³/mol. The second-order valence-corrected chi connectivity index (χ2v) is 2.99. The summed E-state index contributed by atoms with van der Waals surface area (Å²) in [4.78, 5) is 0. The largest absolute Gasteiger partial charge is 0.383 e. The van der Waals surface area contributed by atoms with Gasteiger partial charge in [0.1, 0.15) is 0 Å². The van der Waals surface area contributed by atoms with E-state index in [0.29, 0.717) is 6.04 Å². The van der Waals surface area contributed by atoms with Gasteiger partial charge < -0.3 is 10.1 Å². The van der Waals surface area contributed by atoms with E-state index in [1.807, 2.05) is 0 Å². The zero-order chi connectivity index (χ0) is 8.53. The van der Waals surface area contributed by atoms with Crippen LogP contribution in [0.5, 0.6) is 0 Å². The highest BCUT2D eigenvalue weighted by Gasteiger charge is 1.97. The number of hydrogen-bond acceptors (Lipinski definition) is 2. The second kappa shape index (κ2) is 8.02. The quantitative estimate of drug-likeness (QED) is 0.572. The third-order valence-electron chi connectivity index (χ3n) is 1.79. The predicted octanol–water partition coefficient (Wildman–Crippen LogP) is 1.80. The topological polar surface area (TPSA) is 21.3 Å². The van der Waals surface area contributed by atoms with Crippen LogP contribution in [-0.2, 0) is 4.74 Å². The first-order chi connectivity index (χ1) is 5.31. The lowest BCUT2D eigenvalue weighted by Crippen LogP contribution is -2.29. The van der Waals surface area contributed by atoms with Crippen molar-refractivity contribution in [3.63, 3.8) is 0 Å². The summed E-state index contributed by atoms with van der Waals surface area (Å²) in [6, 6.07) is 0.644. The van der Waals surface area contributed by atoms with Crippen LogP contribution in [0.15, 0.2) is 0 Å². The molecule has 0 aliphatic carbocycles. The SMILES string of the molecule is CCCCC(C)NCCOC. The van der Waals surface area contributed by atoms with Gasteiger partial charge in [0, 0.05) is 19.7 Å². The van der Waals surface area contributed by atoms with Gasteiger partial charge in [-0.3, -0.25) is 0 Å². The van der Waals surface area contributed by atoms with Crippen molar-refractivity contribution >= 4 is 0 Å². The van der Waals surface area contributed by atoms with Crippen molar-refractivity contribution in [2.75, 3.05) is 20.3 Å². The van der Waals surface area contributed by atoms with Gasteiger partial charge in [0.25, 0.3) is 0 Å². The molecule has 1 unspecified atom stereocenters. The Bertz CT molecular complexity index is 76.0. The zero-order valence-electron chi connectivity index (χ0n) is 8.02. The molecular weight excluding hydrogens is 138 g/mol. The van der Waals surface area contributed by atoms with E-state index in [1.54, 1.807) is 7.11 Å². The molecule has 0 saturated heterocycles. The van der Waals surface area contributed by atoms with E-state index in [1.165, 1.54) is 19.3 Å². The summed E-state index contributed by atoms with van der Waals surface area (Å²) in [5.41, 5.74) is 0. The van der Waals surface area contributed by atoms with Crippen molar-refractivity contribution in [2.24, 2.45) is 0 Å². The first kappa shape index (κ1) is 10.9. The summed E-state index contributed by atoms with van der Waals surface area (Å²) >= 11 is 0. The summed E-state index contributed by atoms with van der Waals surface area (Å²) in [5, 5.41) is 3.39. The summed E-state index contributed by atoms with van der Waals surface area (Å²) in [6.07, 6.45) is 3.89. The van der Waals surface area contributed by atoms with E-state index in [-0.39, 0.29) is 0 Å². The Morgan fingerprint density at radius 3 is 2.73 bits per heavy atom. The van der Waals surface area contributed by atoms with Gasteiger partial charge in [0.15, 0.2) is 0 Å². The van der Waals surface area contributed by atoms with Crippen LogP contribution in [-0.4, -0.2) is 26.3 Å². The van der Waals surface area contributed by atoms with Gasteiger partial charge in [0.05, 0.1) is 6.61 Å². The molecule has 0 aliphatic heterocycles. The molecule has 11 heavy (non-hydrogen) atoms. The van der Waals surface area contributed by atoms with Crippen LogP contribution in [0.25, 0.3) is 0 Å². The van der Waals surface area contributed by atoms with E-state index in [0.717, 1.165) is 13.2 Å². The standard InChI is InChI=1S/C9H21NO/c1-4-5-6-9(2)10-7-8-11-3/h9-10H,4-8H2,1-3H3. The summed E-state index contributed by atoms with van der Waals surface area (Å²) in [6.45, 7) is 6.24. The van der Waals surface area contributed by atoms with Crippen LogP contribution in [0.2, 0.25) is 0 Å². The second-order valence-electron chi connectivity index (χ2n) is 2.99. The summed E-state index contributed by atoms with van der Waals surface area (Å²) < 4.78 is 4.93. The fourth-order valence-corrected chi connectivity index (χ4v) is 1.02. The average molecular weight is 159 g/mol. The molecule has 0 rings (SSSR count). The molecule has 0 saturated carbocycles. The third-order valence-corrected chi connectivity index (χ3v) is 1.79. The molecule has 0 aromatic heterocycles. The van der Waals surface area contributed by atoms with Gasteiger partial charge >= 0.3 is 0 Å². The van der Waals surface area contributed by atoms with Gasteiger partial charge in [-0.1, -0.05) is 19.8 Å². The van der Waals surface area contributed by atoms with E-state index >= 15 is 0 Å². The molecule has 68 valence electrons. The van der Waals surface area contributed by atoms with Crippen molar-refractivity contribution in [3.05, 3.63) is 0 Å². The lowest BCUT2D eigenvalue weighted by atomic mass is 10.1. The highest BCUT2D eigenvalue weighted by Crippen LogP contribution is 1.98. The maximum atomic E-state index is 4.93. The fraction of sp³-hybridized carbons (Fsp3) is 1.00. The molecule has 0 aliphatic rings. The van der Waals surface area contributed by atoms with Crippen LogP contribution < -0.4 is 5.32 Å². The van der Waals surface area contributed by atoms with Crippen LogP contribution in [0.1, 0.15) is 33.1 Å². The molecule has 0 aromatic carbocycles. The summed E-state index contributed by atoms with van der Waals surface area (Å²) in [7, 11) is 1.73. The molecular formula is C9H21NO. The Morgan fingerprint density at radius 2 is 2.18 bits per heavy atom. The molecule has 0 fully saturated rings. The van der Waals surface area contributed by atoms with E-state index in [2.05, 4.69) is 19.2 Å². The number of methoxy groups -OCH3 is 1. The van der Waals surface area contributed by atoms with Crippen LogP contribution in [0, 0.1) is 0 Å². The van der Waals surface area contributed by atoms with Crippen LogP contribution in [0.4, 0.5) is 0 Å². The molecule has 0 radical (unpaired) electrons. The van der Waals surface area contributed by atoms with Gasteiger partial charge in [-0.05, 0) is 13.3 Å². The Balaban J connectivity index is 3.02. The maximum absolute atomic E-state index is 4.93. The molecule has 0 amide bonds. The van der Waals surface area contributed by atoms with E-state index in [4.69, 9.17) is 4.74 Å². The number of nitrogens with one attached hydrogen (secondary N) is 1. The Hall–Kier alpha value is -0.0800. The maximum Gasteiger partial charge on any atom is 0.0587 e. The monoisotopic (exact) mass is 159 g/mol. The van der Waals surface area contributed by atoms with Crippen LogP contribution >= 0.6 is 0 Å². The Morgan fingerprint density at radius 1 is 1.45 bits per heavy atom. The molecule has 1 atom stereocenters. The number of hydrogen-bond donors (Lipinski definition) is 1. The van der Waals surface area contributed by atoms with Crippen molar-refractivity contribution in [3.8, 4) is 0 Å². The lowest BCUT2D eigenvalue weighted by molar-refractivity contribution is 0.195. The molecule has 0 spiro atoms. The van der Waals surface area contributed by atoms with E-state index < -0.39 is 0 Å². The van der Waals surface area contributed by atoms with E-state index in [9.17, 15) is 0 Å². The molecule has 0 bridgehead atoms. The molecule has 2 nitrogen and oxygen atoms in total. The van der Waals surface area contributed by atoms with Crippen molar-refractivity contribution in [2.45, 2.75) is 39.2 Å². The molecule has 0 heterocycles. The highest BCUT2D eigenvalue weighted by molar-refractivity contribution is 4.59. The smallest absolute Gasteiger partial charge is 0.0587 e. The Labute approximate surface area is 70.3 Å². The normalized spacial score (nSPS) is 13.4. The molecule has 0 aromatic rings. The first-order valence-electron chi connectivity index (χ1n) is 4.53. The van der Waals surface area contributed by atoms with Crippen LogP contribution in [0.3, 0.4) is 0 Å².